The quantitative estimate of drug-likeness (QED) is 0.763. The third-order valence-electron chi connectivity index (χ3n) is 3.00. The van der Waals surface area contributed by atoms with Gasteiger partial charge in [-0.15, -0.1) is 0 Å². The molecule has 0 amide bonds. The van der Waals surface area contributed by atoms with Crippen molar-refractivity contribution in [3.63, 3.8) is 0 Å². The van der Waals surface area contributed by atoms with Crippen LogP contribution < -0.4 is 5.73 Å². The van der Waals surface area contributed by atoms with Crippen LogP contribution in [0.1, 0.15) is 5.56 Å². The maximum absolute atomic E-state index is 13.0. The minimum absolute atomic E-state index is 0.276. The summed E-state index contributed by atoms with van der Waals surface area (Å²) in [5.41, 5.74) is 8.94. The molecule has 0 aliphatic rings. The number of pyridine rings is 1. The van der Waals surface area contributed by atoms with Gasteiger partial charge in [0.05, 0.1) is 5.69 Å². The van der Waals surface area contributed by atoms with E-state index in [0.717, 1.165) is 22.4 Å². The lowest BCUT2D eigenvalue weighted by Crippen LogP contribution is -2.01. The summed E-state index contributed by atoms with van der Waals surface area (Å²) < 4.78 is 13.0. The van der Waals surface area contributed by atoms with E-state index in [-0.39, 0.29) is 5.82 Å². The summed E-state index contributed by atoms with van der Waals surface area (Å²) in [6, 6.07) is 8.03. The third-order valence-corrected chi connectivity index (χ3v) is 3.00. The molecule has 0 spiro atoms. The summed E-state index contributed by atoms with van der Waals surface area (Å²) in [4.78, 5) is 8.49. The van der Waals surface area contributed by atoms with E-state index >= 15 is 0 Å². The van der Waals surface area contributed by atoms with E-state index < -0.39 is 0 Å². The summed E-state index contributed by atoms with van der Waals surface area (Å²) >= 11 is 0. The first-order valence-corrected chi connectivity index (χ1v) is 6.09. The van der Waals surface area contributed by atoms with Crippen molar-refractivity contribution in [1.82, 2.24) is 20.2 Å². The van der Waals surface area contributed by atoms with Crippen LogP contribution >= 0.6 is 0 Å². The first-order valence-electron chi connectivity index (χ1n) is 6.09. The number of hydrogen-bond acceptors (Lipinski definition) is 4. The van der Waals surface area contributed by atoms with E-state index in [9.17, 15) is 4.39 Å². The Balaban J connectivity index is 2.10. The van der Waals surface area contributed by atoms with Gasteiger partial charge in [-0.25, -0.2) is 9.37 Å². The van der Waals surface area contributed by atoms with Crippen molar-refractivity contribution in [3.8, 4) is 22.6 Å². The lowest BCUT2D eigenvalue weighted by molar-refractivity contribution is 0.628. The molecule has 3 aromatic rings. The highest BCUT2D eigenvalue weighted by molar-refractivity contribution is 5.69. The number of aromatic amines is 1. The molecule has 0 saturated heterocycles. The number of hydrogen-bond donors (Lipinski definition) is 2. The van der Waals surface area contributed by atoms with E-state index in [4.69, 9.17) is 5.73 Å². The summed E-state index contributed by atoms with van der Waals surface area (Å²) in [6.45, 7) is 0.348. The zero-order valence-electron chi connectivity index (χ0n) is 10.5. The lowest BCUT2D eigenvalue weighted by Gasteiger charge is -2.07. The van der Waals surface area contributed by atoms with Gasteiger partial charge in [0.1, 0.15) is 12.1 Å². The van der Waals surface area contributed by atoms with Gasteiger partial charge in [0, 0.05) is 23.9 Å². The van der Waals surface area contributed by atoms with Gasteiger partial charge in [-0.05, 0) is 35.9 Å². The molecule has 6 heteroatoms. The van der Waals surface area contributed by atoms with Crippen molar-refractivity contribution >= 4 is 0 Å². The Morgan fingerprint density at radius 3 is 2.60 bits per heavy atom. The van der Waals surface area contributed by atoms with Gasteiger partial charge in [0.2, 0.25) is 0 Å². The van der Waals surface area contributed by atoms with Crippen LogP contribution in [0.4, 0.5) is 4.39 Å². The minimum Gasteiger partial charge on any atom is -0.326 e. The van der Waals surface area contributed by atoms with Gasteiger partial charge in [0.25, 0.3) is 0 Å². The molecule has 5 nitrogen and oxygen atoms in total. The second kappa shape index (κ2) is 5.18. The molecule has 0 saturated carbocycles. The van der Waals surface area contributed by atoms with Crippen molar-refractivity contribution in [3.05, 3.63) is 54.2 Å². The summed E-state index contributed by atoms with van der Waals surface area (Å²) in [7, 11) is 0. The largest absolute Gasteiger partial charge is 0.326 e. The number of nitrogens with zero attached hydrogens (tertiary/aromatic N) is 3. The van der Waals surface area contributed by atoms with Gasteiger partial charge in [0.15, 0.2) is 5.82 Å². The van der Waals surface area contributed by atoms with Gasteiger partial charge in [-0.2, -0.15) is 5.10 Å². The molecule has 3 N–H and O–H groups in total. The zero-order valence-corrected chi connectivity index (χ0v) is 10.5. The van der Waals surface area contributed by atoms with Crippen molar-refractivity contribution in [1.29, 1.82) is 0 Å². The molecule has 1 aromatic carbocycles. The zero-order chi connectivity index (χ0) is 13.9. The molecule has 0 aliphatic carbocycles. The Bertz CT molecular complexity index is 707. The Hall–Kier alpha value is -2.60. The van der Waals surface area contributed by atoms with Crippen LogP contribution in [0.15, 0.2) is 42.9 Å². The van der Waals surface area contributed by atoms with Crippen LogP contribution in [-0.2, 0) is 6.54 Å². The minimum atomic E-state index is -0.276. The molecule has 0 atom stereocenters. The van der Waals surface area contributed by atoms with E-state index in [1.54, 1.807) is 18.3 Å². The van der Waals surface area contributed by atoms with Crippen molar-refractivity contribution in [2.75, 3.05) is 0 Å². The second-order valence-electron chi connectivity index (χ2n) is 4.26. The van der Waals surface area contributed by atoms with Gasteiger partial charge < -0.3 is 5.73 Å². The second-order valence-corrected chi connectivity index (χ2v) is 4.26. The topological polar surface area (TPSA) is 80.5 Å². The Labute approximate surface area is 114 Å². The summed E-state index contributed by atoms with van der Waals surface area (Å²) in [5.74, 6) is 0.290. The highest BCUT2D eigenvalue weighted by Gasteiger charge is 2.10. The van der Waals surface area contributed by atoms with Crippen LogP contribution in [0.2, 0.25) is 0 Å². The smallest absolute Gasteiger partial charge is 0.181 e. The van der Waals surface area contributed by atoms with E-state index in [0.29, 0.717) is 12.4 Å². The van der Waals surface area contributed by atoms with E-state index in [1.807, 2.05) is 6.07 Å². The van der Waals surface area contributed by atoms with Crippen LogP contribution in [0.5, 0.6) is 0 Å². The van der Waals surface area contributed by atoms with E-state index in [2.05, 4.69) is 20.2 Å². The predicted octanol–water partition coefficient (Wildman–Crippen LogP) is 2.13. The molecular formula is C14H12FN5. The molecule has 20 heavy (non-hydrogen) atoms. The molecule has 3 rings (SSSR count). The molecule has 0 bridgehead atoms. The molecular weight excluding hydrogens is 257 g/mol. The monoisotopic (exact) mass is 269 g/mol. The maximum Gasteiger partial charge on any atom is 0.181 e. The number of nitrogens with one attached hydrogen (secondary N) is 1. The molecule has 100 valence electrons. The number of benzene rings is 1. The number of H-pyrrole nitrogens is 1. The fourth-order valence-corrected chi connectivity index (χ4v) is 1.97. The summed E-state index contributed by atoms with van der Waals surface area (Å²) in [5, 5.41) is 6.74. The normalized spacial score (nSPS) is 10.7. The fourth-order valence-electron chi connectivity index (χ4n) is 1.97. The fraction of sp³-hybridized carbons (Fsp3) is 0.0714. The first-order chi connectivity index (χ1) is 9.78. The maximum atomic E-state index is 13.0. The molecule has 0 radical (unpaired) electrons. The summed E-state index contributed by atoms with van der Waals surface area (Å²) in [6.07, 6.45) is 3.21. The molecule has 0 fully saturated rings. The van der Waals surface area contributed by atoms with Gasteiger partial charge >= 0.3 is 0 Å². The third kappa shape index (κ3) is 2.28. The van der Waals surface area contributed by atoms with Crippen molar-refractivity contribution < 1.29 is 4.39 Å². The van der Waals surface area contributed by atoms with Crippen LogP contribution in [0.25, 0.3) is 22.6 Å². The number of aromatic nitrogens is 4. The Morgan fingerprint density at radius 1 is 1.15 bits per heavy atom. The highest BCUT2D eigenvalue weighted by Crippen LogP contribution is 2.25. The van der Waals surface area contributed by atoms with Gasteiger partial charge in [-0.3, -0.25) is 10.1 Å². The average molecular weight is 269 g/mol. The number of halogens is 1. The molecule has 2 heterocycles. The van der Waals surface area contributed by atoms with Crippen molar-refractivity contribution in [2.45, 2.75) is 6.54 Å². The number of nitrogens with two attached hydrogens (primary N) is 1. The highest BCUT2D eigenvalue weighted by atomic mass is 19.1. The molecule has 2 aromatic heterocycles. The SMILES string of the molecule is NCc1cnc(-c2ccc(F)cc2)cc1-c1nc[nH]n1. The predicted molar refractivity (Wildman–Crippen MR) is 72.9 cm³/mol. The standard InChI is InChI=1S/C14H12FN5/c15-11-3-1-9(2-4-11)13-5-12(10(6-16)7-17-13)14-18-8-19-20-14/h1-5,7-8H,6,16H2,(H,18,19,20). The van der Waals surface area contributed by atoms with Crippen molar-refractivity contribution in [2.24, 2.45) is 5.73 Å². The van der Waals surface area contributed by atoms with Crippen LogP contribution in [0, 0.1) is 5.82 Å². The molecule has 0 aliphatic heterocycles. The lowest BCUT2D eigenvalue weighted by atomic mass is 10.0. The Kier molecular flexibility index (Phi) is 3.22. The average Bonchev–Trinajstić information content (AvgIpc) is 3.01. The molecule has 0 unspecified atom stereocenters. The first kappa shape index (κ1) is 12.4. The Morgan fingerprint density at radius 2 is 1.95 bits per heavy atom. The van der Waals surface area contributed by atoms with Gasteiger partial charge in [-0.1, -0.05) is 0 Å². The van der Waals surface area contributed by atoms with E-state index in [1.165, 1.54) is 18.5 Å². The van der Waals surface area contributed by atoms with Crippen LogP contribution in [0.3, 0.4) is 0 Å². The number of rotatable bonds is 3. The van der Waals surface area contributed by atoms with Crippen LogP contribution in [-0.4, -0.2) is 20.2 Å².